The molecule has 0 spiro atoms. The maximum absolute atomic E-state index is 12.4. The Balaban J connectivity index is 1.42. The lowest BCUT2D eigenvalue weighted by Crippen LogP contribution is -2.10. The van der Waals surface area contributed by atoms with E-state index >= 15 is 0 Å². The zero-order chi connectivity index (χ0) is 23.7. The molecule has 0 fully saturated rings. The van der Waals surface area contributed by atoms with Crippen molar-refractivity contribution in [2.45, 2.75) is 0 Å². The van der Waals surface area contributed by atoms with Crippen LogP contribution in [0.4, 0.5) is 5.69 Å². The van der Waals surface area contributed by atoms with E-state index in [1.165, 1.54) is 16.7 Å². The number of thiophene rings is 1. The summed E-state index contributed by atoms with van der Waals surface area (Å²) in [6.07, 6.45) is 1.69. The minimum atomic E-state index is -0.352. The Morgan fingerprint density at radius 1 is 0.912 bits per heavy atom. The predicted octanol–water partition coefficient (Wildman–Crippen LogP) is 6.22. The minimum Gasteiger partial charge on any atom is -0.506 e. The minimum absolute atomic E-state index is 0.0234. The molecule has 0 saturated heterocycles. The van der Waals surface area contributed by atoms with Crippen molar-refractivity contribution in [3.05, 3.63) is 77.1 Å². The zero-order valence-corrected chi connectivity index (χ0v) is 19.2. The summed E-state index contributed by atoms with van der Waals surface area (Å²) in [6, 6.07) is 16.8. The fourth-order valence-electron chi connectivity index (χ4n) is 3.69. The standard InChI is InChI=1S/C26H20N2O5S/c1-31-24-11-19-21(12-25(24)32-2)27-8-7-23(19)33-18-6-4-15-9-17(5-3-16(15)10-18)28-26(30)20-13-34-14-22(20)29/h3-14,29H,1-2H3,(H,28,30). The fourth-order valence-corrected chi connectivity index (χ4v) is 4.37. The van der Waals surface area contributed by atoms with Crippen molar-refractivity contribution in [1.82, 2.24) is 4.98 Å². The molecule has 0 radical (unpaired) electrons. The van der Waals surface area contributed by atoms with E-state index in [1.54, 1.807) is 31.9 Å². The van der Waals surface area contributed by atoms with Gasteiger partial charge in [-0.15, -0.1) is 11.3 Å². The lowest BCUT2D eigenvalue weighted by atomic mass is 10.1. The maximum Gasteiger partial charge on any atom is 0.260 e. The zero-order valence-electron chi connectivity index (χ0n) is 18.4. The van der Waals surface area contributed by atoms with Crippen molar-refractivity contribution in [2.75, 3.05) is 19.5 Å². The average molecular weight is 473 g/mol. The lowest BCUT2D eigenvalue weighted by molar-refractivity contribution is 0.102. The number of carbonyl (C=O) groups is 1. The second kappa shape index (κ2) is 8.92. The van der Waals surface area contributed by atoms with Crippen LogP contribution < -0.4 is 19.5 Å². The molecule has 2 aromatic heterocycles. The van der Waals surface area contributed by atoms with E-state index in [1.807, 2.05) is 48.5 Å². The molecule has 5 aromatic rings. The Morgan fingerprint density at radius 2 is 1.68 bits per heavy atom. The predicted molar refractivity (Wildman–Crippen MR) is 133 cm³/mol. The van der Waals surface area contributed by atoms with Gasteiger partial charge in [0.2, 0.25) is 0 Å². The van der Waals surface area contributed by atoms with Crippen molar-refractivity contribution < 1.29 is 24.1 Å². The van der Waals surface area contributed by atoms with E-state index in [0.29, 0.717) is 28.7 Å². The van der Waals surface area contributed by atoms with Gasteiger partial charge in [-0.25, -0.2) is 0 Å². The van der Waals surface area contributed by atoms with Crippen molar-refractivity contribution in [3.8, 4) is 28.7 Å². The summed E-state index contributed by atoms with van der Waals surface area (Å²) >= 11 is 1.27. The summed E-state index contributed by atoms with van der Waals surface area (Å²) in [5, 5.41) is 18.4. The molecule has 0 aliphatic rings. The molecule has 8 heteroatoms. The molecular formula is C26H20N2O5S. The normalized spacial score (nSPS) is 10.9. The highest BCUT2D eigenvalue weighted by Crippen LogP contribution is 2.37. The number of hydrogen-bond donors (Lipinski definition) is 2. The first-order valence-electron chi connectivity index (χ1n) is 10.3. The number of aromatic hydroxyl groups is 1. The Hall–Kier alpha value is -4.30. The van der Waals surface area contributed by atoms with Crippen molar-refractivity contribution in [2.24, 2.45) is 0 Å². The second-order valence-corrected chi connectivity index (χ2v) is 8.23. The number of nitrogens with zero attached hydrogens (tertiary/aromatic N) is 1. The number of nitrogens with one attached hydrogen (secondary N) is 1. The van der Waals surface area contributed by atoms with E-state index in [2.05, 4.69) is 10.3 Å². The Kier molecular flexibility index (Phi) is 5.65. The molecule has 170 valence electrons. The highest BCUT2D eigenvalue weighted by atomic mass is 32.1. The van der Waals surface area contributed by atoms with E-state index in [-0.39, 0.29) is 17.2 Å². The number of amides is 1. The summed E-state index contributed by atoms with van der Waals surface area (Å²) in [4.78, 5) is 16.8. The van der Waals surface area contributed by atoms with Gasteiger partial charge in [0.15, 0.2) is 11.5 Å². The fraction of sp³-hybridized carbons (Fsp3) is 0.0769. The van der Waals surface area contributed by atoms with E-state index in [4.69, 9.17) is 14.2 Å². The maximum atomic E-state index is 12.4. The molecule has 7 nitrogen and oxygen atoms in total. The molecule has 0 unspecified atom stereocenters. The van der Waals surface area contributed by atoms with Crippen molar-refractivity contribution >= 4 is 44.6 Å². The van der Waals surface area contributed by atoms with Crippen LogP contribution in [0.2, 0.25) is 0 Å². The van der Waals surface area contributed by atoms with Crippen LogP contribution in [0, 0.1) is 0 Å². The van der Waals surface area contributed by atoms with Gasteiger partial charge < -0.3 is 24.6 Å². The highest BCUT2D eigenvalue weighted by molar-refractivity contribution is 7.08. The Labute approximate surface area is 199 Å². The molecule has 34 heavy (non-hydrogen) atoms. The van der Waals surface area contributed by atoms with Crippen LogP contribution in [0.15, 0.2) is 71.6 Å². The number of hydrogen-bond acceptors (Lipinski definition) is 7. The van der Waals surface area contributed by atoms with Gasteiger partial charge in [0.25, 0.3) is 5.91 Å². The number of anilines is 1. The van der Waals surface area contributed by atoms with Gasteiger partial charge in [0.05, 0.1) is 25.3 Å². The number of aromatic nitrogens is 1. The highest BCUT2D eigenvalue weighted by Gasteiger charge is 2.13. The molecule has 0 bridgehead atoms. The molecule has 5 rings (SSSR count). The topological polar surface area (TPSA) is 89.9 Å². The van der Waals surface area contributed by atoms with Gasteiger partial charge in [-0.3, -0.25) is 9.78 Å². The first-order valence-corrected chi connectivity index (χ1v) is 11.3. The summed E-state index contributed by atoms with van der Waals surface area (Å²) in [5.74, 6) is 2.12. The molecular weight excluding hydrogens is 452 g/mol. The Bertz CT molecular complexity index is 1530. The first kappa shape index (κ1) is 21.5. The van der Waals surface area contributed by atoms with Crippen LogP contribution in [0.1, 0.15) is 10.4 Å². The Morgan fingerprint density at radius 3 is 2.44 bits per heavy atom. The van der Waals surface area contributed by atoms with Crippen LogP contribution in [0.25, 0.3) is 21.7 Å². The number of carbonyl (C=O) groups excluding carboxylic acids is 1. The molecule has 0 aliphatic heterocycles. The quantitative estimate of drug-likeness (QED) is 0.305. The van der Waals surface area contributed by atoms with Crippen molar-refractivity contribution in [3.63, 3.8) is 0 Å². The molecule has 3 aromatic carbocycles. The largest absolute Gasteiger partial charge is 0.506 e. The summed E-state index contributed by atoms with van der Waals surface area (Å²) in [5.41, 5.74) is 1.62. The number of rotatable bonds is 6. The number of fused-ring (bicyclic) bond motifs is 2. The van der Waals surface area contributed by atoms with Gasteiger partial charge in [-0.2, -0.15) is 0 Å². The smallest absolute Gasteiger partial charge is 0.260 e. The van der Waals surface area contributed by atoms with E-state index < -0.39 is 0 Å². The van der Waals surface area contributed by atoms with Gasteiger partial charge in [-0.1, -0.05) is 12.1 Å². The van der Waals surface area contributed by atoms with Crippen LogP contribution in [0.5, 0.6) is 28.7 Å². The van der Waals surface area contributed by atoms with Gasteiger partial charge >= 0.3 is 0 Å². The van der Waals surface area contributed by atoms with Crippen molar-refractivity contribution in [1.29, 1.82) is 0 Å². The summed E-state index contributed by atoms with van der Waals surface area (Å²) in [7, 11) is 3.17. The third-order valence-corrected chi connectivity index (χ3v) is 6.12. The van der Waals surface area contributed by atoms with Crippen LogP contribution in [0.3, 0.4) is 0 Å². The van der Waals surface area contributed by atoms with Crippen LogP contribution >= 0.6 is 11.3 Å². The van der Waals surface area contributed by atoms with E-state index in [9.17, 15) is 9.90 Å². The van der Waals surface area contributed by atoms with Gasteiger partial charge in [0.1, 0.15) is 17.2 Å². The lowest BCUT2D eigenvalue weighted by Gasteiger charge is -2.13. The monoisotopic (exact) mass is 472 g/mol. The number of pyridine rings is 1. The van der Waals surface area contributed by atoms with E-state index in [0.717, 1.165) is 21.7 Å². The molecule has 1 amide bonds. The summed E-state index contributed by atoms with van der Waals surface area (Å²) in [6.45, 7) is 0. The molecule has 2 N–H and O–H groups in total. The number of benzene rings is 3. The molecule has 2 heterocycles. The van der Waals surface area contributed by atoms with Gasteiger partial charge in [0, 0.05) is 34.1 Å². The number of methoxy groups -OCH3 is 2. The van der Waals surface area contributed by atoms with Crippen LogP contribution in [-0.2, 0) is 0 Å². The molecule has 0 atom stereocenters. The third kappa shape index (κ3) is 4.06. The van der Waals surface area contributed by atoms with Gasteiger partial charge in [-0.05, 0) is 47.2 Å². The molecule has 0 saturated carbocycles. The second-order valence-electron chi connectivity index (χ2n) is 7.48. The summed E-state index contributed by atoms with van der Waals surface area (Å²) < 4.78 is 17.0. The number of ether oxygens (including phenoxy) is 3. The third-order valence-electron chi connectivity index (χ3n) is 5.39. The SMILES string of the molecule is COc1cc2nccc(Oc3ccc4cc(NC(=O)c5cscc5O)ccc4c3)c2cc1OC. The molecule has 0 aliphatic carbocycles. The average Bonchev–Trinajstić information content (AvgIpc) is 3.29. The first-order chi connectivity index (χ1) is 16.6. The van der Waals surface area contributed by atoms with Crippen LogP contribution in [-0.4, -0.2) is 30.2 Å².